The van der Waals surface area contributed by atoms with Crippen LogP contribution in [0.1, 0.15) is 24.5 Å². The van der Waals surface area contributed by atoms with Crippen molar-refractivity contribution in [3.05, 3.63) is 87.9 Å². The number of hydrogen-bond acceptors (Lipinski definition) is 6. The lowest BCUT2D eigenvalue weighted by molar-refractivity contribution is -0.122. The molecule has 1 fully saturated rings. The van der Waals surface area contributed by atoms with Crippen LogP contribution in [0.15, 0.2) is 76.8 Å². The van der Waals surface area contributed by atoms with Crippen molar-refractivity contribution >= 4 is 45.5 Å². The predicted octanol–water partition coefficient (Wildman–Crippen LogP) is 5.49. The number of ether oxygens (including phenoxy) is 3. The van der Waals surface area contributed by atoms with Crippen LogP contribution in [-0.2, 0) is 16.2 Å². The second-order valence-electron chi connectivity index (χ2n) is 8.10. The number of imide groups is 2. The summed E-state index contributed by atoms with van der Waals surface area (Å²) in [5, 5.41) is 2.23. The van der Waals surface area contributed by atoms with Crippen LogP contribution in [0.5, 0.6) is 17.2 Å². The summed E-state index contributed by atoms with van der Waals surface area (Å²) in [4.78, 5) is 39.4. The topological polar surface area (TPSA) is 94.2 Å². The van der Waals surface area contributed by atoms with Crippen molar-refractivity contribution in [2.75, 3.05) is 18.6 Å². The summed E-state index contributed by atoms with van der Waals surface area (Å²) in [5.74, 6) is 0.0243. The van der Waals surface area contributed by atoms with Crippen molar-refractivity contribution in [3.63, 3.8) is 0 Å². The third-order valence-corrected chi connectivity index (χ3v) is 6.18. The van der Waals surface area contributed by atoms with E-state index in [1.165, 1.54) is 13.2 Å². The Hall–Kier alpha value is -4.11. The van der Waals surface area contributed by atoms with Crippen molar-refractivity contribution in [1.29, 1.82) is 0 Å². The molecule has 0 atom stereocenters. The molecule has 0 bridgehead atoms. The lowest BCUT2D eigenvalue weighted by Gasteiger charge is -2.26. The lowest BCUT2D eigenvalue weighted by Crippen LogP contribution is -2.54. The van der Waals surface area contributed by atoms with Gasteiger partial charge in [-0.05, 0) is 60.0 Å². The van der Waals surface area contributed by atoms with Crippen molar-refractivity contribution in [2.45, 2.75) is 20.0 Å². The Bertz CT molecular complexity index is 1340. The SMILES string of the molecule is CCCOc1cc(Br)c(/C=C2/C(=O)NC(=O)N(c3ccc(OCc4ccccc4)cc3)C2=O)cc1OC. The van der Waals surface area contributed by atoms with Gasteiger partial charge in [-0.15, -0.1) is 0 Å². The summed E-state index contributed by atoms with van der Waals surface area (Å²) in [7, 11) is 1.51. The Labute approximate surface area is 223 Å². The number of amides is 4. The zero-order valence-corrected chi connectivity index (χ0v) is 21.9. The first-order valence-electron chi connectivity index (χ1n) is 11.6. The summed E-state index contributed by atoms with van der Waals surface area (Å²) in [6, 6.07) is 18.7. The average molecular weight is 565 g/mol. The molecule has 0 aromatic heterocycles. The first-order valence-corrected chi connectivity index (χ1v) is 12.4. The first kappa shape index (κ1) is 26.0. The van der Waals surface area contributed by atoms with Crippen LogP contribution in [-0.4, -0.2) is 31.6 Å². The molecule has 1 saturated heterocycles. The van der Waals surface area contributed by atoms with Crippen molar-refractivity contribution < 1.29 is 28.6 Å². The van der Waals surface area contributed by atoms with E-state index < -0.39 is 17.8 Å². The smallest absolute Gasteiger partial charge is 0.335 e. The number of barbiturate groups is 1. The van der Waals surface area contributed by atoms with E-state index in [0.29, 0.717) is 46.2 Å². The van der Waals surface area contributed by atoms with Crippen molar-refractivity contribution in [1.82, 2.24) is 5.32 Å². The van der Waals surface area contributed by atoms with E-state index >= 15 is 0 Å². The Morgan fingerprint density at radius 3 is 2.35 bits per heavy atom. The van der Waals surface area contributed by atoms with E-state index in [1.807, 2.05) is 37.3 Å². The number of carbonyl (C=O) groups is 3. The number of nitrogens with one attached hydrogen (secondary N) is 1. The van der Waals surface area contributed by atoms with E-state index in [2.05, 4.69) is 21.2 Å². The minimum Gasteiger partial charge on any atom is -0.493 e. The lowest BCUT2D eigenvalue weighted by atomic mass is 10.1. The molecule has 0 saturated carbocycles. The highest BCUT2D eigenvalue weighted by Crippen LogP contribution is 2.35. The molecule has 4 amide bonds. The molecule has 9 heteroatoms. The Morgan fingerprint density at radius 1 is 0.946 bits per heavy atom. The molecule has 0 radical (unpaired) electrons. The maximum Gasteiger partial charge on any atom is 0.335 e. The molecule has 1 heterocycles. The van der Waals surface area contributed by atoms with Gasteiger partial charge in [-0.25, -0.2) is 9.69 Å². The van der Waals surface area contributed by atoms with Gasteiger partial charge in [0.05, 0.1) is 19.4 Å². The normalized spacial score (nSPS) is 14.5. The maximum absolute atomic E-state index is 13.3. The van der Waals surface area contributed by atoms with Crippen LogP contribution >= 0.6 is 15.9 Å². The summed E-state index contributed by atoms with van der Waals surface area (Å²) in [5.41, 5.74) is 1.62. The van der Waals surface area contributed by atoms with Gasteiger partial charge in [-0.3, -0.25) is 14.9 Å². The second kappa shape index (κ2) is 11.7. The number of hydrogen-bond donors (Lipinski definition) is 1. The third kappa shape index (κ3) is 6.00. The van der Waals surface area contributed by atoms with E-state index in [-0.39, 0.29) is 5.57 Å². The zero-order chi connectivity index (χ0) is 26.4. The molecule has 1 aliphatic heterocycles. The van der Waals surface area contributed by atoms with Gasteiger partial charge >= 0.3 is 6.03 Å². The molecule has 190 valence electrons. The molecule has 37 heavy (non-hydrogen) atoms. The maximum atomic E-state index is 13.3. The number of nitrogens with zero attached hydrogens (tertiary/aromatic N) is 1. The number of benzene rings is 3. The molecule has 0 unspecified atom stereocenters. The van der Waals surface area contributed by atoms with Gasteiger partial charge in [0.2, 0.25) is 0 Å². The number of carbonyl (C=O) groups excluding carboxylic acids is 3. The summed E-state index contributed by atoms with van der Waals surface area (Å²) in [6.45, 7) is 2.88. The fourth-order valence-electron chi connectivity index (χ4n) is 3.63. The van der Waals surface area contributed by atoms with Crippen LogP contribution in [0.25, 0.3) is 6.08 Å². The highest BCUT2D eigenvalue weighted by atomic mass is 79.9. The Morgan fingerprint density at radius 2 is 1.68 bits per heavy atom. The van der Waals surface area contributed by atoms with Gasteiger partial charge in [-0.2, -0.15) is 0 Å². The van der Waals surface area contributed by atoms with Crippen LogP contribution in [0.2, 0.25) is 0 Å². The second-order valence-corrected chi connectivity index (χ2v) is 8.95. The quantitative estimate of drug-likeness (QED) is 0.273. The van der Waals surface area contributed by atoms with Crippen molar-refractivity contribution in [3.8, 4) is 17.2 Å². The summed E-state index contributed by atoms with van der Waals surface area (Å²) < 4.78 is 17.5. The van der Waals surface area contributed by atoms with Crippen LogP contribution in [0.3, 0.4) is 0 Å². The van der Waals surface area contributed by atoms with E-state index in [4.69, 9.17) is 14.2 Å². The molecule has 1 aliphatic rings. The predicted molar refractivity (Wildman–Crippen MR) is 143 cm³/mol. The molecule has 8 nitrogen and oxygen atoms in total. The third-order valence-electron chi connectivity index (χ3n) is 5.49. The van der Waals surface area contributed by atoms with Crippen LogP contribution in [0.4, 0.5) is 10.5 Å². The first-order chi connectivity index (χ1) is 17.9. The van der Waals surface area contributed by atoms with E-state index in [1.54, 1.807) is 36.4 Å². The number of methoxy groups -OCH3 is 1. The minimum atomic E-state index is -0.829. The van der Waals surface area contributed by atoms with Gasteiger partial charge < -0.3 is 14.2 Å². The molecule has 3 aromatic rings. The van der Waals surface area contributed by atoms with Gasteiger partial charge in [0.1, 0.15) is 17.9 Å². The Balaban J connectivity index is 1.57. The van der Waals surface area contributed by atoms with Gasteiger partial charge in [0.25, 0.3) is 11.8 Å². The standard InChI is InChI=1S/C28H25BrN2O6/c1-3-13-36-25-16-23(29)19(15-24(25)35-2)14-22-26(32)30-28(34)31(27(22)33)20-9-11-21(12-10-20)37-17-18-7-5-4-6-8-18/h4-12,14-16H,3,13,17H2,1-2H3,(H,30,32,34)/b22-14-. The molecule has 1 N–H and O–H groups in total. The highest BCUT2D eigenvalue weighted by molar-refractivity contribution is 9.10. The highest BCUT2D eigenvalue weighted by Gasteiger charge is 2.37. The van der Waals surface area contributed by atoms with Crippen LogP contribution < -0.4 is 24.4 Å². The van der Waals surface area contributed by atoms with Crippen LogP contribution in [0, 0.1) is 0 Å². The number of halogens is 1. The fourth-order valence-corrected chi connectivity index (χ4v) is 4.06. The fraction of sp³-hybridized carbons (Fsp3) is 0.179. The van der Waals surface area contributed by atoms with Gasteiger partial charge in [0, 0.05) is 4.47 Å². The molecule has 4 rings (SSSR count). The molecule has 0 aliphatic carbocycles. The molecular weight excluding hydrogens is 540 g/mol. The average Bonchev–Trinajstić information content (AvgIpc) is 2.90. The number of anilines is 1. The molecular formula is C28H25BrN2O6. The van der Waals surface area contributed by atoms with Gasteiger partial charge in [0.15, 0.2) is 11.5 Å². The zero-order valence-electron chi connectivity index (χ0n) is 20.3. The summed E-state index contributed by atoms with van der Waals surface area (Å²) >= 11 is 3.46. The minimum absolute atomic E-state index is 0.200. The summed E-state index contributed by atoms with van der Waals surface area (Å²) in [6.07, 6.45) is 2.23. The number of urea groups is 1. The number of rotatable bonds is 9. The van der Waals surface area contributed by atoms with E-state index in [0.717, 1.165) is 16.9 Å². The molecule has 0 spiro atoms. The Kier molecular flexibility index (Phi) is 8.25. The largest absolute Gasteiger partial charge is 0.493 e. The van der Waals surface area contributed by atoms with E-state index in [9.17, 15) is 14.4 Å². The van der Waals surface area contributed by atoms with Crippen molar-refractivity contribution in [2.24, 2.45) is 0 Å². The molecule has 3 aromatic carbocycles. The monoisotopic (exact) mass is 564 g/mol. The van der Waals surface area contributed by atoms with Gasteiger partial charge in [-0.1, -0.05) is 53.2 Å².